The van der Waals surface area contributed by atoms with Crippen molar-refractivity contribution in [2.24, 2.45) is 5.92 Å². The van der Waals surface area contributed by atoms with Crippen LogP contribution in [0, 0.1) is 5.92 Å². The third-order valence-corrected chi connectivity index (χ3v) is 3.27. The van der Waals surface area contributed by atoms with E-state index in [0.717, 1.165) is 0 Å². The van der Waals surface area contributed by atoms with E-state index in [4.69, 9.17) is 11.6 Å². The number of nitrogens with zero attached hydrogens (tertiary/aromatic N) is 2. The topological polar surface area (TPSA) is 99.8 Å². The predicted molar refractivity (Wildman–Crippen MR) is 87.2 cm³/mol. The standard InChI is InChI=1S/C15H18ClN5O2/c1-9(2)7-12(15(23)20-13-5-6-18-21-13)19-14(22)11-4-3-10(16)8-17-11/h3-6,8-9,12H,7H2,1-2H3,(H,19,22)(H2,18,20,21,23). The van der Waals surface area contributed by atoms with Gasteiger partial charge in [-0.25, -0.2) is 4.98 Å². The zero-order valence-corrected chi connectivity index (χ0v) is 13.6. The van der Waals surface area contributed by atoms with Gasteiger partial charge in [-0.1, -0.05) is 25.4 Å². The smallest absolute Gasteiger partial charge is 0.270 e. The van der Waals surface area contributed by atoms with Gasteiger partial charge in [0, 0.05) is 12.3 Å². The number of amides is 2. The normalized spacial score (nSPS) is 12.0. The predicted octanol–water partition coefficient (Wildman–Crippen LogP) is 2.24. The zero-order valence-electron chi connectivity index (χ0n) is 12.8. The van der Waals surface area contributed by atoms with Crippen molar-refractivity contribution in [2.75, 3.05) is 5.32 Å². The molecule has 2 aromatic rings. The van der Waals surface area contributed by atoms with Crippen LogP contribution in [0.4, 0.5) is 5.82 Å². The summed E-state index contributed by atoms with van der Waals surface area (Å²) in [6, 6.07) is 4.04. The van der Waals surface area contributed by atoms with E-state index in [1.165, 1.54) is 18.5 Å². The summed E-state index contributed by atoms with van der Waals surface area (Å²) in [4.78, 5) is 28.5. The number of hydrogen-bond donors (Lipinski definition) is 3. The maximum atomic E-state index is 12.4. The summed E-state index contributed by atoms with van der Waals surface area (Å²) in [6.07, 6.45) is 3.42. The Balaban J connectivity index is 2.06. The molecule has 7 nitrogen and oxygen atoms in total. The first-order chi connectivity index (χ1) is 11.0. The van der Waals surface area contributed by atoms with Crippen LogP contribution in [0.2, 0.25) is 5.02 Å². The highest BCUT2D eigenvalue weighted by Crippen LogP contribution is 2.10. The molecule has 23 heavy (non-hydrogen) atoms. The number of halogens is 1. The molecule has 0 radical (unpaired) electrons. The van der Waals surface area contributed by atoms with Crippen molar-refractivity contribution in [2.45, 2.75) is 26.3 Å². The van der Waals surface area contributed by atoms with Gasteiger partial charge in [-0.2, -0.15) is 5.10 Å². The van der Waals surface area contributed by atoms with Crippen LogP contribution in [0.25, 0.3) is 0 Å². The van der Waals surface area contributed by atoms with E-state index in [2.05, 4.69) is 25.8 Å². The SMILES string of the molecule is CC(C)CC(NC(=O)c1ccc(Cl)cn1)C(=O)Nc1ccn[nH]1. The molecule has 0 saturated carbocycles. The zero-order chi connectivity index (χ0) is 16.8. The Labute approximate surface area is 138 Å². The Morgan fingerprint density at radius 3 is 2.65 bits per heavy atom. The van der Waals surface area contributed by atoms with Crippen molar-refractivity contribution in [3.63, 3.8) is 0 Å². The summed E-state index contributed by atoms with van der Waals surface area (Å²) in [5, 5.41) is 12.2. The number of anilines is 1. The minimum Gasteiger partial charge on any atom is -0.339 e. The van der Waals surface area contributed by atoms with Gasteiger partial charge < -0.3 is 10.6 Å². The van der Waals surface area contributed by atoms with Gasteiger partial charge in [0.05, 0.1) is 11.2 Å². The number of aromatic amines is 1. The van der Waals surface area contributed by atoms with Gasteiger partial charge in [0.1, 0.15) is 17.6 Å². The van der Waals surface area contributed by atoms with Crippen LogP contribution in [-0.4, -0.2) is 33.0 Å². The average Bonchev–Trinajstić information content (AvgIpc) is 2.99. The Morgan fingerprint density at radius 2 is 2.09 bits per heavy atom. The largest absolute Gasteiger partial charge is 0.339 e. The highest BCUT2D eigenvalue weighted by molar-refractivity contribution is 6.30. The van der Waals surface area contributed by atoms with Crippen LogP contribution >= 0.6 is 11.6 Å². The average molecular weight is 336 g/mol. The first-order valence-electron chi connectivity index (χ1n) is 7.18. The lowest BCUT2D eigenvalue weighted by atomic mass is 10.0. The molecule has 0 aliphatic heterocycles. The minimum absolute atomic E-state index is 0.206. The fourth-order valence-electron chi connectivity index (χ4n) is 1.99. The Kier molecular flexibility index (Phi) is 5.70. The fraction of sp³-hybridized carbons (Fsp3) is 0.333. The molecule has 0 saturated heterocycles. The van der Waals surface area contributed by atoms with Gasteiger partial charge in [0.15, 0.2) is 0 Å². The van der Waals surface area contributed by atoms with E-state index in [1.807, 2.05) is 13.8 Å². The van der Waals surface area contributed by atoms with Crippen LogP contribution in [0.15, 0.2) is 30.6 Å². The summed E-state index contributed by atoms with van der Waals surface area (Å²) in [6.45, 7) is 3.95. The quantitative estimate of drug-likeness (QED) is 0.753. The number of H-pyrrole nitrogens is 1. The summed E-state index contributed by atoms with van der Waals surface area (Å²) in [7, 11) is 0. The van der Waals surface area contributed by atoms with Crippen LogP contribution in [0.1, 0.15) is 30.8 Å². The minimum atomic E-state index is -0.678. The molecule has 0 bridgehead atoms. The number of rotatable bonds is 6. The van der Waals surface area contributed by atoms with Crippen LogP contribution < -0.4 is 10.6 Å². The highest BCUT2D eigenvalue weighted by Gasteiger charge is 2.23. The van der Waals surface area contributed by atoms with Crippen molar-refractivity contribution in [3.8, 4) is 0 Å². The van der Waals surface area contributed by atoms with E-state index < -0.39 is 11.9 Å². The van der Waals surface area contributed by atoms with Crippen molar-refractivity contribution in [1.29, 1.82) is 0 Å². The molecule has 3 N–H and O–H groups in total. The van der Waals surface area contributed by atoms with Crippen LogP contribution in [-0.2, 0) is 4.79 Å². The Bertz CT molecular complexity index is 655. The molecule has 0 spiro atoms. The maximum Gasteiger partial charge on any atom is 0.270 e. The summed E-state index contributed by atoms with van der Waals surface area (Å²) < 4.78 is 0. The van der Waals surface area contributed by atoms with E-state index >= 15 is 0 Å². The molecule has 0 fully saturated rings. The monoisotopic (exact) mass is 335 g/mol. The molecule has 2 amide bonds. The van der Waals surface area contributed by atoms with E-state index in [-0.39, 0.29) is 17.5 Å². The summed E-state index contributed by atoms with van der Waals surface area (Å²) in [5.41, 5.74) is 0.206. The Morgan fingerprint density at radius 1 is 1.30 bits per heavy atom. The molecule has 0 aliphatic carbocycles. The van der Waals surface area contributed by atoms with E-state index in [0.29, 0.717) is 17.3 Å². The second-order valence-corrected chi connectivity index (χ2v) is 5.91. The molecule has 122 valence electrons. The maximum absolute atomic E-state index is 12.4. The third-order valence-electron chi connectivity index (χ3n) is 3.05. The number of nitrogens with one attached hydrogen (secondary N) is 3. The Hall–Kier alpha value is -2.41. The molecule has 2 aromatic heterocycles. The van der Waals surface area contributed by atoms with Crippen molar-refractivity contribution < 1.29 is 9.59 Å². The molecule has 2 rings (SSSR count). The molecule has 1 unspecified atom stereocenters. The van der Waals surface area contributed by atoms with Gasteiger partial charge in [-0.15, -0.1) is 0 Å². The molecule has 0 aliphatic rings. The summed E-state index contributed by atoms with van der Waals surface area (Å²) >= 11 is 5.75. The second-order valence-electron chi connectivity index (χ2n) is 5.48. The van der Waals surface area contributed by atoms with Crippen molar-refractivity contribution in [1.82, 2.24) is 20.5 Å². The second kappa shape index (κ2) is 7.73. The van der Waals surface area contributed by atoms with E-state index in [9.17, 15) is 9.59 Å². The molecular formula is C15H18ClN5O2. The molecule has 1 atom stereocenters. The molecular weight excluding hydrogens is 318 g/mol. The first-order valence-corrected chi connectivity index (χ1v) is 7.56. The number of carbonyl (C=O) groups is 2. The van der Waals surface area contributed by atoms with Gasteiger partial charge >= 0.3 is 0 Å². The molecule has 0 aromatic carbocycles. The number of aromatic nitrogens is 3. The number of carbonyl (C=O) groups excluding carboxylic acids is 2. The first kappa shape index (κ1) is 17.0. The lowest BCUT2D eigenvalue weighted by Gasteiger charge is -2.19. The van der Waals surface area contributed by atoms with Crippen LogP contribution in [0.3, 0.4) is 0 Å². The third kappa shape index (κ3) is 5.07. The molecule has 2 heterocycles. The number of pyridine rings is 1. The summed E-state index contributed by atoms with van der Waals surface area (Å²) in [5.74, 6) is -0.0362. The molecule has 8 heteroatoms. The van der Waals surface area contributed by atoms with Crippen LogP contribution in [0.5, 0.6) is 0 Å². The van der Waals surface area contributed by atoms with Gasteiger partial charge in [0.25, 0.3) is 5.91 Å². The van der Waals surface area contributed by atoms with Gasteiger partial charge in [-0.3, -0.25) is 14.7 Å². The number of hydrogen-bond acceptors (Lipinski definition) is 4. The fourth-order valence-corrected chi connectivity index (χ4v) is 2.10. The highest BCUT2D eigenvalue weighted by atomic mass is 35.5. The van der Waals surface area contributed by atoms with Gasteiger partial charge in [-0.05, 0) is 24.5 Å². The van der Waals surface area contributed by atoms with Crippen molar-refractivity contribution >= 4 is 29.2 Å². The van der Waals surface area contributed by atoms with Crippen molar-refractivity contribution in [3.05, 3.63) is 41.3 Å². The van der Waals surface area contributed by atoms with Gasteiger partial charge in [0.2, 0.25) is 5.91 Å². The lowest BCUT2D eigenvalue weighted by Crippen LogP contribution is -2.44. The van der Waals surface area contributed by atoms with E-state index in [1.54, 1.807) is 12.1 Å². The lowest BCUT2D eigenvalue weighted by molar-refractivity contribution is -0.118.